The SMILES string of the molecule is CC(=O)N1CCN(C2CN(CCCNS(C)(=O)=O)CC2C)CC1. The van der Waals surface area contributed by atoms with Crippen molar-refractivity contribution >= 4 is 15.9 Å². The fourth-order valence-corrected chi connectivity index (χ4v) is 4.15. The Morgan fingerprint density at radius 1 is 1.17 bits per heavy atom. The number of piperazine rings is 1. The largest absolute Gasteiger partial charge is 0.340 e. The first-order valence-electron chi connectivity index (χ1n) is 8.43. The van der Waals surface area contributed by atoms with Crippen LogP contribution >= 0.6 is 0 Å². The summed E-state index contributed by atoms with van der Waals surface area (Å²) in [7, 11) is -3.08. The molecule has 2 fully saturated rings. The predicted molar refractivity (Wildman–Crippen MR) is 90.7 cm³/mol. The molecule has 2 saturated heterocycles. The number of likely N-dealkylation sites (tertiary alicyclic amines) is 1. The normalized spacial score (nSPS) is 27.5. The maximum absolute atomic E-state index is 11.4. The Kier molecular flexibility index (Phi) is 6.41. The summed E-state index contributed by atoms with van der Waals surface area (Å²) >= 11 is 0. The predicted octanol–water partition coefficient (Wildman–Crippen LogP) is -0.590. The van der Waals surface area contributed by atoms with E-state index in [1.54, 1.807) is 6.92 Å². The molecule has 2 aliphatic rings. The molecule has 2 heterocycles. The number of sulfonamides is 1. The summed E-state index contributed by atoms with van der Waals surface area (Å²) in [6.45, 7) is 11.0. The summed E-state index contributed by atoms with van der Waals surface area (Å²) < 4.78 is 24.7. The van der Waals surface area contributed by atoms with Crippen molar-refractivity contribution in [1.82, 2.24) is 19.4 Å². The number of hydrogen-bond donors (Lipinski definition) is 1. The zero-order valence-corrected chi connectivity index (χ0v) is 15.3. The van der Waals surface area contributed by atoms with Gasteiger partial charge in [0.1, 0.15) is 0 Å². The van der Waals surface area contributed by atoms with Crippen LogP contribution in [-0.4, -0.2) is 93.7 Å². The molecule has 0 saturated carbocycles. The Labute approximate surface area is 140 Å². The molecule has 23 heavy (non-hydrogen) atoms. The monoisotopic (exact) mass is 346 g/mol. The standard InChI is InChI=1S/C15H30N4O3S/c1-13-11-17(6-4-5-16-23(3,21)22)12-15(13)19-9-7-18(8-10-19)14(2)20/h13,15-16H,4-12H2,1-3H3. The minimum atomic E-state index is -3.08. The van der Waals surface area contributed by atoms with Crippen LogP contribution in [0, 0.1) is 5.92 Å². The van der Waals surface area contributed by atoms with Crippen LogP contribution in [0.5, 0.6) is 0 Å². The molecule has 2 rings (SSSR count). The lowest BCUT2D eigenvalue weighted by atomic mass is 10.0. The molecule has 2 atom stereocenters. The van der Waals surface area contributed by atoms with Gasteiger partial charge < -0.3 is 9.80 Å². The molecule has 0 aromatic carbocycles. The summed E-state index contributed by atoms with van der Waals surface area (Å²) in [5.74, 6) is 0.783. The van der Waals surface area contributed by atoms with Crippen LogP contribution in [0.2, 0.25) is 0 Å². The molecule has 0 radical (unpaired) electrons. The summed E-state index contributed by atoms with van der Waals surface area (Å²) in [6.07, 6.45) is 2.03. The van der Waals surface area contributed by atoms with Gasteiger partial charge in [-0.1, -0.05) is 6.92 Å². The minimum absolute atomic E-state index is 0.170. The van der Waals surface area contributed by atoms with E-state index in [0.717, 1.165) is 52.2 Å². The molecule has 8 heteroatoms. The second-order valence-electron chi connectivity index (χ2n) is 6.87. The average molecular weight is 346 g/mol. The molecule has 1 N–H and O–H groups in total. The van der Waals surface area contributed by atoms with E-state index in [2.05, 4.69) is 21.4 Å². The fraction of sp³-hybridized carbons (Fsp3) is 0.933. The minimum Gasteiger partial charge on any atom is -0.340 e. The van der Waals surface area contributed by atoms with Gasteiger partial charge in [0.05, 0.1) is 6.26 Å². The number of carbonyl (C=O) groups excluding carboxylic acids is 1. The van der Waals surface area contributed by atoms with Gasteiger partial charge >= 0.3 is 0 Å². The molecule has 2 unspecified atom stereocenters. The van der Waals surface area contributed by atoms with Gasteiger partial charge in [-0.15, -0.1) is 0 Å². The molecule has 0 aliphatic carbocycles. The van der Waals surface area contributed by atoms with E-state index in [9.17, 15) is 13.2 Å². The summed E-state index contributed by atoms with van der Waals surface area (Å²) in [4.78, 5) is 18.3. The molecule has 7 nitrogen and oxygen atoms in total. The third-order valence-electron chi connectivity index (χ3n) is 4.89. The number of carbonyl (C=O) groups is 1. The molecule has 0 bridgehead atoms. The highest BCUT2D eigenvalue weighted by atomic mass is 32.2. The lowest BCUT2D eigenvalue weighted by molar-refractivity contribution is -0.130. The Balaban J connectivity index is 1.73. The number of hydrogen-bond acceptors (Lipinski definition) is 5. The smallest absolute Gasteiger partial charge is 0.219 e. The Bertz CT molecular complexity index is 503. The first-order chi connectivity index (χ1) is 10.8. The topological polar surface area (TPSA) is 73.0 Å². The Morgan fingerprint density at radius 2 is 1.83 bits per heavy atom. The van der Waals surface area contributed by atoms with Gasteiger partial charge in [0.25, 0.3) is 0 Å². The van der Waals surface area contributed by atoms with E-state index in [1.165, 1.54) is 6.26 Å². The first kappa shape index (κ1) is 18.6. The third kappa shape index (κ3) is 5.70. The molecular formula is C15H30N4O3S. The van der Waals surface area contributed by atoms with E-state index in [-0.39, 0.29) is 5.91 Å². The second kappa shape index (κ2) is 7.92. The van der Waals surface area contributed by atoms with Crippen molar-refractivity contribution in [2.45, 2.75) is 26.3 Å². The van der Waals surface area contributed by atoms with Crippen molar-refractivity contribution in [2.24, 2.45) is 5.92 Å². The van der Waals surface area contributed by atoms with Crippen molar-refractivity contribution in [3.8, 4) is 0 Å². The second-order valence-corrected chi connectivity index (χ2v) is 8.70. The van der Waals surface area contributed by atoms with Crippen molar-refractivity contribution in [1.29, 1.82) is 0 Å². The summed E-state index contributed by atoms with van der Waals surface area (Å²) in [5.41, 5.74) is 0. The van der Waals surface area contributed by atoms with Crippen LogP contribution < -0.4 is 4.72 Å². The third-order valence-corrected chi connectivity index (χ3v) is 5.62. The van der Waals surface area contributed by atoms with Gasteiger partial charge in [-0.2, -0.15) is 0 Å². The number of nitrogens with one attached hydrogen (secondary N) is 1. The lowest BCUT2D eigenvalue weighted by Crippen LogP contribution is -2.53. The van der Waals surface area contributed by atoms with Crippen LogP contribution in [0.15, 0.2) is 0 Å². The van der Waals surface area contributed by atoms with Gasteiger partial charge in [0.2, 0.25) is 15.9 Å². The molecule has 1 amide bonds. The van der Waals surface area contributed by atoms with Crippen LogP contribution in [-0.2, 0) is 14.8 Å². The number of nitrogens with zero attached hydrogens (tertiary/aromatic N) is 3. The zero-order chi connectivity index (χ0) is 17.0. The average Bonchev–Trinajstić information content (AvgIpc) is 2.84. The van der Waals surface area contributed by atoms with E-state index >= 15 is 0 Å². The van der Waals surface area contributed by atoms with Gasteiger partial charge in [-0.3, -0.25) is 9.69 Å². The summed E-state index contributed by atoms with van der Waals surface area (Å²) in [5, 5.41) is 0. The van der Waals surface area contributed by atoms with E-state index < -0.39 is 10.0 Å². The maximum Gasteiger partial charge on any atom is 0.219 e. The summed E-state index contributed by atoms with van der Waals surface area (Å²) in [6, 6.07) is 0.548. The zero-order valence-electron chi connectivity index (χ0n) is 14.5. The van der Waals surface area contributed by atoms with Crippen LogP contribution in [0.4, 0.5) is 0 Å². The van der Waals surface area contributed by atoms with E-state index in [4.69, 9.17) is 0 Å². The van der Waals surface area contributed by atoms with Gasteiger partial charge in [0, 0.05) is 58.8 Å². The molecule has 0 aromatic rings. The Morgan fingerprint density at radius 3 is 2.39 bits per heavy atom. The van der Waals surface area contributed by atoms with Gasteiger partial charge in [-0.05, 0) is 18.9 Å². The van der Waals surface area contributed by atoms with Crippen molar-refractivity contribution in [3.63, 3.8) is 0 Å². The molecule has 0 aromatic heterocycles. The molecular weight excluding hydrogens is 316 g/mol. The molecule has 0 spiro atoms. The van der Waals surface area contributed by atoms with Gasteiger partial charge in [-0.25, -0.2) is 13.1 Å². The van der Waals surface area contributed by atoms with Crippen molar-refractivity contribution in [3.05, 3.63) is 0 Å². The van der Waals surface area contributed by atoms with Crippen molar-refractivity contribution < 1.29 is 13.2 Å². The quantitative estimate of drug-likeness (QED) is 0.651. The lowest BCUT2D eigenvalue weighted by Gasteiger charge is -2.39. The number of amides is 1. The van der Waals surface area contributed by atoms with Gasteiger partial charge in [0.15, 0.2) is 0 Å². The highest BCUT2D eigenvalue weighted by Gasteiger charge is 2.35. The highest BCUT2D eigenvalue weighted by molar-refractivity contribution is 7.88. The van der Waals surface area contributed by atoms with E-state index in [1.807, 2.05) is 4.90 Å². The van der Waals surface area contributed by atoms with Crippen LogP contribution in [0.1, 0.15) is 20.3 Å². The first-order valence-corrected chi connectivity index (χ1v) is 10.3. The Hall–Kier alpha value is -0.700. The highest BCUT2D eigenvalue weighted by Crippen LogP contribution is 2.23. The van der Waals surface area contributed by atoms with Crippen molar-refractivity contribution in [2.75, 3.05) is 58.6 Å². The van der Waals surface area contributed by atoms with Crippen LogP contribution in [0.3, 0.4) is 0 Å². The number of rotatable bonds is 6. The maximum atomic E-state index is 11.4. The van der Waals surface area contributed by atoms with Crippen LogP contribution in [0.25, 0.3) is 0 Å². The van der Waals surface area contributed by atoms with E-state index in [0.29, 0.717) is 18.5 Å². The molecule has 2 aliphatic heterocycles. The molecule has 134 valence electrons. The fourth-order valence-electron chi connectivity index (χ4n) is 3.63.